The lowest BCUT2D eigenvalue weighted by atomic mass is 10.1. The average molecular weight is 366 g/mol. The minimum Gasteiger partial charge on any atom is -0.508 e. The molecule has 1 aromatic heterocycles. The molecule has 1 fully saturated rings. The molecule has 1 saturated heterocycles. The first-order valence-electron chi connectivity index (χ1n) is 9.17. The number of rotatable bonds is 5. The number of carbonyl (C=O) groups excluding carboxylic acids is 1. The molecule has 1 aliphatic heterocycles. The molecule has 0 aliphatic carbocycles. The van der Waals surface area contributed by atoms with Crippen molar-refractivity contribution in [3.05, 3.63) is 59.8 Å². The van der Waals surface area contributed by atoms with Crippen LogP contribution >= 0.6 is 0 Å². The van der Waals surface area contributed by atoms with Gasteiger partial charge in [-0.2, -0.15) is 0 Å². The van der Waals surface area contributed by atoms with Crippen LogP contribution in [0.15, 0.2) is 54.2 Å². The minimum absolute atomic E-state index is 0.137. The van der Waals surface area contributed by atoms with Gasteiger partial charge in [0.15, 0.2) is 0 Å². The number of anilines is 2. The molecule has 0 atom stereocenters. The average Bonchev–Trinajstić information content (AvgIpc) is 2.64. The van der Waals surface area contributed by atoms with E-state index >= 15 is 0 Å². The number of hydrogen-bond acceptors (Lipinski definition) is 5. The van der Waals surface area contributed by atoms with E-state index in [1.54, 1.807) is 18.3 Å². The standard InChI is InChI=1S/C21H26N4O2/c1-16(2)13-21(27)23-18-7-8-20(22-14-18)25-11-9-24(10-12-25)15-17-5-3-4-6-19(17)26/h3-8,13-14,26H,9-12,15H2,1-2H3,(H,23,27). The lowest BCUT2D eigenvalue weighted by Gasteiger charge is -2.35. The van der Waals surface area contributed by atoms with Crippen LogP contribution in [0.1, 0.15) is 19.4 Å². The molecule has 27 heavy (non-hydrogen) atoms. The van der Waals surface area contributed by atoms with E-state index < -0.39 is 0 Å². The SMILES string of the molecule is CC(C)=CC(=O)Nc1ccc(N2CCN(Cc3ccccc3O)CC2)nc1. The zero-order valence-corrected chi connectivity index (χ0v) is 15.9. The number of hydrogen-bond donors (Lipinski definition) is 2. The van der Waals surface area contributed by atoms with Gasteiger partial charge in [0.05, 0.1) is 11.9 Å². The Balaban J connectivity index is 1.53. The number of nitrogens with zero attached hydrogens (tertiary/aromatic N) is 3. The van der Waals surface area contributed by atoms with Crippen LogP contribution in [-0.4, -0.2) is 47.1 Å². The fourth-order valence-corrected chi connectivity index (χ4v) is 3.11. The van der Waals surface area contributed by atoms with Crippen LogP contribution in [0.5, 0.6) is 5.75 Å². The number of benzene rings is 1. The van der Waals surface area contributed by atoms with Crippen molar-refractivity contribution < 1.29 is 9.90 Å². The highest BCUT2D eigenvalue weighted by Crippen LogP contribution is 2.20. The highest BCUT2D eigenvalue weighted by Gasteiger charge is 2.19. The summed E-state index contributed by atoms with van der Waals surface area (Å²) in [6.45, 7) is 8.11. The van der Waals surface area contributed by atoms with Crippen molar-refractivity contribution in [2.45, 2.75) is 20.4 Å². The summed E-state index contributed by atoms with van der Waals surface area (Å²) < 4.78 is 0. The summed E-state index contributed by atoms with van der Waals surface area (Å²) in [4.78, 5) is 20.8. The normalized spacial score (nSPS) is 14.7. The van der Waals surface area contributed by atoms with Crippen molar-refractivity contribution in [1.82, 2.24) is 9.88 Å². The van der Waals surface area contributed by atoms with Crippen molar-refractivity contribution in [2.24, 2.45) is 0 Å². The van der Waals surface area contributed by atoms with Crippen LogP contribution in [0.3, 0.4) is 0 Å². The summed E-state index contributed by atoms with van der Waals surface area (Å²) in [6, 6.07) is 11.3. The first-order chi connectivity index (χ1) is 13.0. The van der Waals surface area contributed by atoms with E-state index in [0.29, 0.717) is 11.4 Å². The number of piperazine rings is 1. The third-order valence-electron chi connectivity index (χ3n) is 4.52. The molecule has 3 rings (SSSR count). The van der Waals surface area contributed by atoms with Gasteiger partial charge in [0, 0.05) is 44.4 Å². The smallest absolute Gasteiger partial charge is 0.248 e. The molecule has 0 radical (unpaired) electrons. The lowest BCUT2D eigenvalue weighted by Crippen LogP contribution is -2.46. The van der Waals surface area contributed by atoms with E-state index in [1.165, 1.54) is 0 Å². The Labute approximate surface area is 160 Å². The number of pyridine rings is 1. The Morgan fingerprint density at radius 3 is 2.52 bits per heavy atom. The van der Waals surface area contributed by atoms with E-state index in [4.69, 9.17) is 0 Å². The number of aromatic hydroxyl groups is 1. The summed E-state index contributed by atoms with van der Waals surface area (Å²) in [5, 5.41) is 12.7. The number of amides is 1. The van der Waals surface area contributed by atoms with Gasteiger partial charge in [0.25, 0.3) is 0 Å². The van der Waals surface area contributed by atoms with Crippen LogP contribution < -0.4 is 10.2 Å². The van der Waals surface area contributed by atoms with Gasteiger partial charge in [-0.25, -0.2) is 4.98 Å². The van der Waals surface area contributed by atoms with Gasteiger partial charge in [-0.05, 0) is 32.0 Å². The van der Waals surface area contributed by atoms with Gasteiger partial charge in [0.1, 0.15) is 11.6 Å². The molecule has 0 saturated carbocycles. The molecule has 0 bridgehead atoms. The maximum absolute atomic E-state index is 11.8. The van der Waals surface area contributed by atoms with E-state index in [0.717, 1.165) is 49.7 Å². The fourth-order valence-electron chi connectivity index (χ4n) is 3.11. The van der Waals surface area contributed by atoms with Crippen molar-refractivity contribution in [3.63, 3.8) is 0 Å². The highest BCUT2D eigenvalue weighted by atomic mass is 16.3. The van der Waals surface area contributed by atoms with E-state index in [2.05, 4.69) is 20.1 Å². The second kappa shape index (κ2) is 8.68. The predicted octanol–water partition coefficient (Wildman–Crippen LogP) is 3.01. The third-order valence-corrected chi connectivity index (χ3v) is 4.52. The highest BCUT2D eigenvalue weighted by molar-refractivity contribution is 5.99. The van der Waals surface area contributed by atoms with Crippen molar-refractivity contribution >= 4 is 17.4 Å². The topological polar surface area (TPSA) is 68.7 Å². The molecule has 142 valence electrons. The van der Waals surface area contributed by atoms with Gasteiger partial charge >= 0.3 is 0 Å². The minimum atomic E-state index is -0.137. The Hall–Kier alpha value is -2.86. The van der Waals surface area contributed by atoms with Gasteiger partial charge in [-0.1, -0.05) is 23.8 Å². The van der Waals surface area contributed by atoms with Crippen LogP contribution in [0.25, 0.3) is 0 Å². The molecular weight excluding hydrogens is 340 g/mol. The largest absolute Gasteiger partial charge is 0.508 e. The van der Waals surface area contributed by atoms with Crippen molar-refractivity contribution in [3.8, 4) is 5.75 Å². The van der Waals surface area contributed by atoms with Crippen molar-refractivity contribution in [2.75, 3.05) is 36.4 Å². The van der Waals surface area contributed by atoms with Crippen LogP contribution in [-0.2, 0) is 11.3 Å². The molecule has 6 heteroatoms. The van der Waals surface area contributed by atoms with E-state index in [1.807, 2.05) is 44.2 Å². The monoisotopic (exact) mass is 366 g/mol. The van der Waals surface area contributed by atoms with Crippen LogP contribution in [0.2, 0.25) is 0 Å². The number of phenols is 1. The number of carbonyl (C=O) groups is 1. The number of phenolic OH excluding ortho intramolecular Hbond substituents is 1. The number of nitrogens with one attached hydrogen (secondary N) is 1. The second-order valence-corrected chi connectivity index (χ2v) is 7.01. The van der Waals surface area contributed by atoms with E-state index in [9.17, 15) is 9.90 Å². The lowest BCUT2D eigenvalue weighted by molar-refractivity contribution is -0.111. The van der Waals surface area contributed by atoms with Gasteiger partial charge in [-0.15, -0.1) is 0 Å². The summed E-state index contributed by atoms with van der Waals surface area (Å²) in [6.07, 6.45) is 3.26. The first-order valence-corrected chi connectivity index (χ1v) is 9.17. The third kappa shape index (κ3) is 5.31. The maximum atomic E-state index is 11.8. The molecule has 1 aromatic carbocycles. The second-order valence-electron chi connectivity index (χ2n) is 7.01. The zero-order valence-electron chi connectivity index (χ0n) is 15.9. The van der Waals surface area contributed by atoms with Crippen molar-refractivity contribution in [1.29, 1.82) is 0 Å². The van der Waals surface area contributed by atoms with Crippen LogP contribution in [0, 0.1) is 0 Å². The molecule has 0 spiro atoms. The number of aromatic nitrogens is 1. The Bertz CT molecular complexity index is 805. The first kappa shape index (κ1) is 18.9. The Morgan fingerprint density at radius 2 is 1.89 bits per heavy atom. The van der Waals surface area contributed by atoms with Gasteiger partial charge in [-0.3, -0.25) is 9.69 Å². The molecule has 2 N–H and O–H groups in total. The van der Waals surface area contributed by atoms with Crippen LogP contribution in [0.4, 0.5) is 11.5 Å². The Morgan fingerprint density at radius 1 is 1.15 bits per heavy atom. The van der Waals surface area contributed by atoms with Gasteiger partial charge in [0.2, 0.25) is 5.91 Å². The molecular formula is C21H26N4O2. The molecule has 2 aromatic rings. The summed E-state index contributed by atoms with van der Waals surface area (Å²) in [7, 11) is 0. The summed E-state index contributed by atoms with van der Waals surface area (Å²) in [5.41, 5.74) is 2.61. The quantitative estimate of drug-likeness (QED) is 0.796. The van der Waals surface area contributed by atoms with E-state index in [-0.39, 0.29) is 5.91 Å². The Kier molecular flexibility index (Phi) is 6.08. The molecule has 2 heterocycles. The molecule has 1 aliphatic rings. The fraction of sp³-hybridized carbons (Fsp3) is 0.333. The number of allylic oxidation sites excluding steroid dienone is 1. The molecule has 6 nitrogen and oxygen atoms in total. The predicted molar refractivity (Wildman–Crippen MR) is 108 cm³/mol. The number of para-hydroxylation sites is 1. The maximum Gasteiger partial charge on any atom is 0.248 e. The van der Waals surface area contributed by atoms with Gasteiger partial charge < -0.3 is 15.3 Å². The summed E-state index contributed by atoms with van der Waals surface area (Å²) in [5.74, 6) is 1.13. The summed E-state index contributed by atoms with van der Waals surface area (Å²) >= 11 is 0. The molecule has 1 amide bonds. The molecule has 0 unspecified atom stereocenters. The zero-order chi connectivity index (χ0) is 19.2.